The summed E-state index contributed by atoms with van der Waals surface area (Å²) in [5, 5.41) is 0. The van der Waals surface area contributed by atoms with E-state index in [1.807, 2.05) is 0 Å². The van der Waals surface area contributed by atoms with Crippen molar-refractivity contribution in [1.82, 2.24) is 0 Å². The summed E-state index contributed by atoms with van der Waals surface area (Å²) in [5.41, 5.74) is -0.447. The minimum atomic E-state index is -1.09. The monoisotopic (exact) mass is 284 g/mol. The van der Waals surface area contributed by atoms with Crippen molar-refractivity contribution in [3.63, 3.8) is 0 Å². The van der Waals surface area contributed by atoms with Gasteiger partial charge in [-0.2, -0.15) is 0 Å². The highest BCUT2D eigenvalue weighted by atomic mass is 19.1. The van der Waals surface area contributed by atoms with Gasteiger partial charge in [-0.25, -0.2) is 17.6 Å². The van der Waals surface area contributed by atoms with Crippen LogP contribution in [0.5, 0.6) is 0 Å². The minimum Gasteiger partial charge on any atom is -0.212 e. The van der Waals surface area contributed by atoms with Crippen LogP contribution in [-0.2, 0) is 11.8 Å². The molecule has 0 saturated heterocycles. The Bertz CT molecular complexity index is 586. The van der Waals surface area contributed by atoms with Gasteiger partial charge in [0.25, 0.3) is 0 Å². The zero-order chi connectivity index (χ0) is 14.9. The fourth-order valence-electron chi connectivity index (χ4n) is 2.89. The van der Waals surface area contributed by atoms with E-state index >= 15 is 0 Å². The Hall–Kier alpha value is -1.58. The Labute approximate surface area is 115 Å². The molecular formula is C16H16F4. The number of halogens is 4. The second kappa shape index (κ2) is 5.43. The molecule has 1 aliphatic rings. The molecular weight excluding hydrogens is 268 g/mol. The molecule has 0 bridgehead atoms. The van der Waals surface area contributed by atoms with E-state index in [9.17, 15) is 17.6 Å². The summed E-state index contributed by atoms with van der Waals surface area (Å²) in [6.07, 6.45) is 2.67. The highest BCUT2D eigenvalue weighted by Gasteiger charge is 2.37. The fraction of sp³-hybridized carbons (Fsp3) is 0.375. The quantitative estimate of drug-likeness (QED) is 0.662. The topological polar surface area (TPSA) is 0 Å². The molecule has 20 heavy (non-hydrogen) atoms. The zero-order valence-corrected chi connectivity index (χ0v) is 11.4. The number of rotatable bonds is 3. The van der Waals surface area contributed by atoms with Crippen LogP contribution in [0.15, 0.2) is 35.9 Å². The molecule has 1 atom stereocenters. The molecule has 0 aliphatic heterocycles. The van der Waals surface area contributed by atoms with Gasteiger partial charge in [-0.15, -0.1) is 0 Å². The predicted octanol–water partition coefficient (Wildman–Crippen LogP) is 5.29. The molecule has 0 spiro atoms. The van der Waals surface area contributed by atoms with Gasteiger partial charge in [0.1, 0.15) is 23.3 Å². The first-order valence-electron chi connectivity index (χ1n) is 6.64. The largest absolute Gasteiger partial charge is 0.212 e. The van der Waals surface area contributed by atoms with E-state index < -0.39 is 28.7 Å². The van der Waals surface area contributed by atoms with Crippen molar-refractivity contribution < 1.29 is 17.6 Å². The van der Waals surface area contributed by atoms with Gasteiger partial charge in [0.05, 0.1) is 0 Å². The molecule has 1 aromatic rings. The van der Waals surface area contributed by atoms with Crippen LogP contribution in [0, 0.1) is 11.6 Å². The maximum Gasteiger partial charge on any atom is 0.130 e. The van der Waals surface area contributed by atoms with Crippen LogP contribution in [-0.4, -0.2) is 0 Å². The van der Waals surface area contributed by atoms with Crippen LogP contribution >= 0.6 is 0 Å². The number of benzene rings is 1. The first-order chi connectivity index (χ1) is 9.41. The molecule has 2 rings (SSSR count). The van der Waals surface area contributed by atoms with E-state index in [2.05, 4.69) is 0 Å². The molecule has 0 N–H and O–H groups in total. The predicted molar refractivity (Wildman–Crippen MR) is 70.7 cm³/mol. The van der Waals surface area contributed by atoms with Crippen molar-refractivity contribution in [3.8, 4) is 0 Å². The Morgan fingerprint density at radius 3 is 2.35 bits per heavy atom. The van der Waals surface area contributed by atoms with Gasteiger partial charge in [-0.1, -0.05) is 13.8 Å². The Kier molecular flexibility index (Phi) is 4.02. The standard InChI is InChI=1S/C16H16F4/c1-3-10-5-11(17)7-14(20)15(10)16(4-2)8-12(18)6-13(19)9-16/h5-8H,3-4,9H2,1-2H3. The average Bonchev–Trinajstić information content (AvgIpc) is 2.36. The highest BCUT2D eigenvalue weighted by Crippen LogP contribution is 2.43. The van der Waals surface area contributed by atoms with Crippen molar-refractivity contribution in [1.29, 1.82) is 0 Å². The normalized spacial score (nSPS) is 22.5. The van der Waals surface area contributed by atoms with Gasteiger partial charge in [0.2, 0.25) is 0 Å². The van der Waals surface area contributed by atoms with E-state index in [0.717, 1.165) is 12.1 Å². The lowest BCUT2D eigenvalue weighted by Crippen LogP contribution is -2.28. The molecule has 4 heteroatoms. The molecule has 0 fully saturated rings. The van der Waals surface area contributed by atoms with Gasteiger partial charge >= 0.3 is 0 Å². The highest BCUT2D eigenvalue weighted by molar-refractivity contribution is 5.44. The van der Waals surface area contributed by atoms with Crippen molar-refractivity contribution in [2.24, 2.45) is 0 Å². The van der Waals surface area contributed by atoms with E-state index in [0.29, 0.717) is 18.4 Å². The molecule has 0 heterocycles. The van der Waals surface area contributed by atoms with Crippen LogP contribution in [0.1, 0.15) is 37.8 Å². The van der Waals surface area contributed by atoms with Crippen LogP contribution < -0.4 is 0 Å². The summed E-state index contributed by atoms with van der Waals surface area (Å²) in [7, 11) is 0. The Balaban J connectivity index is 2.67. The van der Waals surface area contributed by atoms with E-state index in [-0.39, 0.29) is 12.0 Å². The molecule has 0 nitrogen and oxygen atoms in total. The Morgan fingerprint density at radius 2 is 1.80 bits per heavy atom. The fourth-order valence-corrected chi connectivity index (χ4v) is 2.89. The molecule has 1 unspecified atom stereocenters. The van der Waals surface area contributed by atoms with Crippen molar-refractivity contribution in [2.75, 3.05) is 0 Å². The number of aryl methyl sites for hydroxylation is 1. The summed E-state index contributed by atoms with van der Waals surface area (Å²) in [5.74, 6) is -2.77. The molecule has 1 aliphatic carbocycles. The molecule has 108 valence electrons. The second-order valence-corrected chi connectivity index (χ2v) is 5.08. The van der Waals surface area contributed by atoms with Crippen LogP contribution in [0.2, 0.25) is 0 Å². The lowest BCUT2D eigenvalue weighted by Gasteiger charge is -2.34. The SMILES string of the molecule is CCc1cc(F)cc(F)c1C1(CC)C=C(F)C=C(F)C1. The van der Waals surface area contributed by atoms with Crippen LogP contribution in [0.4, 0.5) is 17.6 Å². The summed E-state index contributed by atoms with van der Waals surface area (Å²) in [6.45, 7) is 3.50. The maximum atomic E-state index is 14.2. The number of hydrogen-bond acceptors (Lipinski definition) is 0. The lowest BCUT2D eigenvalue weighted by molar-refractivity contribution is 0.404. The van der Waals surface area contributed by atoms with E-state index in [1.165, 1.54) is 12.1 Å². The third-order valence-electron chi connectivity index (χ3n) is 3.84. The van der Waals surface area contributed by atoms with Crippen molar-refractivity contribution in [3.05, 3.63) is 58.7 Å². The first-order valence-corrected chi connectivity index (χ1v) is 6.64. The van der Waals surface area contributed by atoms with Crippen LogP contribution in [0.3, 0.4) is 0 Å². The third kappa shape index (κ3) is 2.51. The van der Waals surface area contributed by atoms with Crippen molar-refractivity contribution in [2.45, 2.75) is 38.5 Å². The van der Waals surface area contributed by atoms with Gasteiger partial charge in [-0.3, -0.25) is 0 Å². The van der Waals surface area contributed by atoms with Gasteiger partial charge in [0, 0.05) is 29.5 Å². The molecule has 0 saturated carbocycles. The summed E-state index contributed by atoms with van der Waals surface area (Å²) < 4.78 is 54.8. The van der Waals surface area contributed by atoms with Crippen molar-refractivity contribution >= 4 is 0 Å². The Morgan fingerprint density at radius 1 is 1.10 bits per heavy atom. The summed E-state index contributed by atoms with van der Waals surface area (Å²) >= 11 is 0. The smallest absolute Gasteiger partial charge is 0.130 e. The summed E-state index contributed by atoms with van der Waals surface area (Å²) in [6, 6.07) is 2.01. The number of hydrogen-bond donors (Lipinski definition) is 0. The van der Waals surface area contributed by atoms with Gasteiger partial charge < -0.3 is 0 Å². The first kappa shape index (κ1) is 14.8. The average molecular weight is 284 g/mol. The second-order valence-electron chi connectivity index (χ2n) is 5.08. The molecule has 0 amide bonds. The molecule has 0 radical (unpaired) electrons. The molecule has 0 aromatic heterocycles. The minimum absolute atomic E-state index is 0.105. The lowest BCUT2D eigenvalue weighted by atomic mass is 9.70. The van der Waals surface area contributed by atoms with Gasteiger partial charge in [-0.05, 0) is 30.5 Å². The zero-order valence-electron chi connectivity index (χ0n) is 11.4. The van der Waals surface area contributed by atoms with E-state index in [1.54, 1.807) is 13.8 Å². The number of allylic oxidation sites excluding steroid dienone is 4. The van der Waals surface area contributed by atoms with Crippen LogP contribution in [0.25, 0.3) is 0 Å². The van der Waals surface area contributed by atoms with E-state index in [4.69, 9.17) is 0 Å². The molecule has 1 aromatic carbocycles. The van der Waals surface area contributed by atoms with Gasteiger partial charge in [0.15, 0.2) is 0 Å². The summed E-state index contributed by atoms with van der Waals surface area (Å²) in [4.78, 5) is 0. The third-order valence-corrected chi connectivity index (χ3v) is 3.84. The maximum absolute atomic E-state index is 14.2.